The van der Waals surface area contributed by atoms with E-state index in [4.69, 9.17) is 0 Å². The number of hydrogen-bond acceptors (Lipinski definition) is 6. The fraction of sp³-hybridized carbons (Fsp3) is 0.882. The molecule has 8 nitrogen and oxygen atoms in total. The zero-order valence-electron chi connectivity index (χ0n) is 15.4. The van der Waals surface area contributed by atoms with Crippen LogP contribution in [0.5, 0.6) is 0 Å². The van der Waals surface area contributed by atoms with E-state index in [1.54, 1.807) is 6.92 Å². The molecule has 2 amide bonds. The molecule has 1 saturated heterocycles. The minimum atomic E-state index is -0.927. The van der Waals surface area contributed by atoms with Crippen molar-refractivity contribution in [3.8, 4) is 0 Å². The number of piperazine rings is 1. The van der Waals surface area contributed by atoms with Crippen molar-refractivity contribution >= 4 is 11.8 Å². The SMILES string of the molecule is CCC(O)CN(CCCCC1NC(=O)C(C(C)O)NC1=O)CC(C)O. The van der Waals surface area contributed by atoms with E-state index in [1.165, 1.54) is 6.92 Å². The molecule has 0 saturated carbocycles. The van der Waals surface area contributed by atoms with Gasteiger partial charge in [-0.25, -0.2) is 0 Å². The Kier molecular flexibility index (Phi) is 9.34. The predicted octanol–water partition coefficient (Wildman–Crippen LogP) is -1.03. The van der Waals surface area contributed by atoms with Crippen LogP contribution in [-0.2, 0) is 9.59 Å². The quantitative estimate of drug-likeness (QED) is 0.301. The highest BCUT2D eigenvalue weighted by atomic mass is 16.3. The van der Waals surface area contributed by atoms with Gasteiger partial charge in [0.05, 0.1) is 18.3 Å². The van der Waals surface area contributed by atoms with Crippen molar-refractivity contribution in [2.75, 3.05) is 19.6 Å². The van der Waals surface area contributed by atoms with Crippen molar-refractivity contribution in [2.24, 2.45) is 0 Å². The molecule has 0 bridgehead atoms. The van der Waals surface area contributed by atoms with Crippen molar-refractivity contribution in [1.82, 2.24) is 15.5 Å². The lowest BCUT2D eigenvalue weighted by Gasteiger charge is -2.31. The molecule has 5 N–H and O–H groups in total. The van der Waals surface area contributed by atoms with Crippen LogP contribution in [0.25, 0.3) is 0 Å². The Morgan fingerprint density at radius 1 is 1.04 bits per heavy atom. The summed E-state index contributed by atoms with van der Waals surface area (Å²) in [5, 5.41) is 34.0. The molecular weight excluding hydrogens is 326 g/mol. The lowest BCUT2D eigenvalue weighted by Crippen LogP contribution is -2.64. The van der Waals surface area contributed by atoms with Crippen LogP contribution in [0.1, 0.15) is 46.5 Å². The maximum Gasteiger partial charge on any atom is 0.245 e. The molecule has 1 fully saturated rings. The highest BCUT2D eigenvalue weighted by molar-refractivity contribution is 5.97. The summed E-state index contributed by atoms with van der Waals surface area (Å²) in [6, 6.07) is -1.46. The van der Waals surface area contributed by atoms with E-state index in [0.717, 1.165) is 12.8 Å². The van der Waals surface area contributed by atoms with Crippen LogP contribution < -0.4 is 10.6 Å². The number of amides is 2. The maximum absolute atomic E-state index is 12.0. The van der Waals surface area contributed by atoms with Gasteiger partial charge in [-0.2, -0.15) is 0 Å². The van der Waals surface area contributed by atoms with E-state index >= 15 is 0 Å². The molecule has 146 valence electrons. The minimum absolute atomic E-state index is 0.271. The van der Waals surface area contributed by atoms with Gasteiger partial charge in [-0.05, 0) is 46.1 Å². The third-order valence-corrected chi connectivity index (χ3v) is 4.38. The van der Waals surface area contributed by atoms with Gasteiger partial charge in [-0.3, -0.25) is 14.5 Å². The molecule has 0 aromatic heterocycles. The Bertz CT molecular complexity index is 431. The molecule has 5 atom stereocenters. The molecule has 1 heterocycles. The zero-order chi connectivity index (χ0) is 19.0. The summed E-state index contributed by atoms with van der Waals surface area (Å²) in [5.74, 6) is -0.630. The Morgan fingerprint density at radius 2 is 1.72 bits per heavy atom. The van der Waals surface area contributed by atoms with Crippen LogP contribution in [0.15, 0.2) is 0 Å². The average Bonchev–Trinajstić information content (AvgIpc) is 2.52. The van der Waals surface area contributed by atoms with E-state index in [1.807, 2.05) is 11.8 Å². The number of unbranched alkanes of at least 4 members (excludes halogenated alkanes) is 1. The van der Waals surface area contributed by atoms with Crippen molar-refractivity contribution in [3.05, 3.63) is 0 Å². The predicted molar refractivity (Wildman–Crippen MR) is 93.8 cm³/mol. The van der Waals surface area contributed by atoms with Gasteiger partial charge in [-0.15, -0.1) is 0 Å². The number of hydrogen-bond donors (Lipinski definition) is 5. The highest BCUT2D eigenvalue weighted by Gasteiger charge is 2.35. The molecule has 0 spiro atoms. The van der Waals surface area contributed by atoms with E-state index < -0.39 is 30.4 Å². The molecule has 1 aliphatic rings. The zero-order valence-corrected chi connectivity index (χ0v) is 15.4. The number of nitrogens with one attached hydrogen (secondary N) is 2. The lowest BCUT2D eigenvalue weighted by molar-refractivity contribution is -0.139. The second-order valence-corrected chi connectivity index (χ2v) is 6.95. The Balaban J connectivity index is 2.37. The largest absolute Gasteiger partial charge is 0.392 e. The topological polar surface area (TPSA) is 122 Å². The number of aliphatic hydroxyl groups excluding tert-OH is 3. The van der Waals surface area contributed by atoms with Crippen LogP contribution in [0.2, 0.25) is 0 Å². The van der Waals surface area contributed by atoms with Gasteiger partial charge < -0.3 is 26.0 Å². The summed E-state index contributed by atoms with van der Waals surface area (Å²) >= 11 is 0. The van der Waals surface area contributed by atoms with Gasteiger partial charge in [0.1, 0.15) is 12.1 Å². The average molecular weight is 359 g/mol. The van der Waals surface area contributed by atoms with Crippen molar-refractivity contribution in [2.45, 2.75) is 76.9 Å². The molecule has 0 radical (unpaired) electrons. The molecule has 5 unspecified atom stereocenters. The summed E-state index contributed by atoms with van der Waals surface area (Å²) in [4.78, 5) is 25.9. The molecule has 1 aliphatic heterocycles. The first kappa shape index (κ1) is 21.8. The number of carbonyl (C=O) groups excluding carboxylic acids is 2. The van der Waals surface area contributed by atoms with Crippen LogP contribution >= 0.6 is 0 Å². The van der Waals surface area contributed by atoms with Crippen molar-refractivity contribution in [1.29, 1.82) is 0 Å². The smallest absolute Gasteiger partial charge is 0.245 e. The van der Waals surface area contributed by atoms with Crippen LogP contribution in [0, 0.1) is 0 Å². The third-order valence-electron chi connectivity index (χ3n) is 4.38. The van der Waals surface area contributed by atoms with Gasteiger partial charge >= 0.3 is 0 Å². The monoisotopic (exact) mass is 359 g/mol. The van der Waals surface area contributed by atoms with Gasteiger partial charge in [0, 0.05) is 13.1 Å². The molecule has 1 rings (SSSR count). The fourth-order valence-electron chi connectivity index (χ4n) is 2.93. The molecule has 25 heavy (non-hydrogen) atoms. The van der Waals surface area contributed by atoms with E-state index in [-0.39, 0.29) is 11.8 Å². The molecule has 8 heteroatoms. The summed E-state index contributed by atoms with van der Waals surface area (Å²) < 4.78 is 0. The Labute approximate surface area is 149 Å². The van der Waals surface area contributed by atoms with E-state index in [9.17, 15) is 24.9 Å². The minimum Gasteiger partial charge on any atom is -0.392 e. The van der Waals surface area contributed by atoms with Crippen LogP contribution in [-0.4, -0.2) is 82.1 Å². The second kappa shape index (κ2) is 10.7. The first-order valence-corrected chi connectivity index (χ1v) is 9.11. The summed E-state index contributed by atoms with van der Waals surface area (Å²) in [6.07, 6.45) is 0.894. The highest BCUT2D eigenvalue weighted by Crippen LogP contribution is 2.09. The number of aliphatic hydroxyl groups is 3. The number of carbonyl (C=O) groups is 2. The standard InChI is InChI=1S/C17H33N3O5/c1-4-13(23)10-20(9-11(2)21)8-6-5-7-14-16(24)19-15(12(3)22)17(25)18-14/h11-15,21-23H,4-10H2,1-3H3,(H,18,25)(H,19,24). The summed E-state index contributed by atoms with van der Waals surface area (Å²) in [5.41, 5.74) is 0. The molecule has 0 aliphatic carbocycles. The number of nitrogens with zero attached hydrogens (tertiary/aromatic N) is 1. The van der Waals surface area contributed by atoms with Gasteiger partial charge in [-0.1, -0.05) is 6.92 Å². The first-order valence-electron chi connectivity index (χ1n) is 9.11. The van der Waals surface area contributed by atoms with Crippen LogP contribution in [0.3, 0.4) is 0 Å². The van der Waals surface area contributed by atoms with Crippen molar-refractivity contribution < 1.29 is 24.9 Å². The second-order valence-electron chi connectivity index (χ2n) is 6.95. The summed E-state index contributed by atoms with van der Waals surface area (Å²) in [7, 11) is 0. The maximum atomic E-state index is 12.0. The first-order chi connectivity index (χ1) is 11.7. The van der Waals surface area contributed by atoms with E-state index in [0.29, 0.717) is 32.5 Å². The molecule has 0 aromatic rings. The lowest BCUT2D eigenvalue weighted by atomic mass is 10.0. The molecular formula is C17H33N3O5. The van der Waals surface area contributed by atoms with Gasteiger partial charge in [0.25, 0.3) is 0 Å². The summed E-state index contributed by atoms with van der Waals surface area (Å²) in [6.45, 7) is 6.81. The van der Waals surface area contributed by atoms with Crippen LogP contribution in [0.4, 0.5) is 0 Å². The van der Waals surface area contributed by atoms with Crippen molar-refractivity contribution in [3.63, 3.8) is 0 Å². The Hall–Kier alpha value is -1.22. The number of rotatable bonds is 11. The Morgan fingerprint density at radius 3 is 2.28 bits per heavy atom. The van der Waals surface area contributed by atoms with Gasteiger partial charge in [0.2, 0.25) is 11.8 Å². The van der Waals surface area contributed by atoms with Gasteiger partial charge in [0.15, 0.2) is 0 Å². The van der Waals surface area contributed by atoms with E-state index in [2.05, 4.69) is 10.6 Å². The normalized spacial score (nSPS) is 24.6. The molecule has 0 aromatic carbocycles. The fourth-order valence-corrected chi connectivity index (χ4v) is 2.93. The third kappa shape index (κ3) is 7.68.